The van der Waals surface area contributed by atoms with Crippen LogP contribution in [0.4, 0.5) is 0 Å². The molecule has 1 aromatic rings. The highest BCUT2D eigenvalue weighted by Gasteiger charge is 2.71. The third-order valence-electron chi connectivity index (χ3n) is 17.1. The van der Waals surface area contributed by atoms with Gasteiger partial charge in [0.15, 0.2) is 5.78 Å². The number of methoxy groups -OCH3 is 1. The molecule has 10 heteroatoms. The molecule has 6 rings (SSSR count). The lowest BCUT2D eigenvalue weighted by Gasteiger charge is -2.72. The summed E-state index contributed by atoms with van der Waals surface area (Å²) in [4.78, 5) is 46.2. The van der Waals surface area contributed by atoms with E-state index in [2.05, 4.69) is 63.7 Å². The van der Waals surface area contributed by atoms with Crippen LogP contribution in [0.15, 0.2) is 35.5 Å². The number of fused-ring (bicyclic) bond motifs is 7. The van der Waals surface area contributed by atoms with Crippen molar-refractivity contribution in [3.63, 3.8) is 0 Å². The molecule has 5 aliphatic rings. The van der Waals surface area contributed by atoms with Crippen LogP contribution >= 0.6 is 0 Å². The minimum absolute atomic E-state index is 0.0308. The zero-order valence-corrected chi connectivity index (χ0v) is 37.4. The Morgan fingerprint density at radius 1 is 0.983 bits per heavy atom. The van der Waals surface area contributed by atoms with Crippen LogP contribution in [-0.4, -0.2) is 89.9 Å². The summed E-state index contributed by atoms with van der Waals surface area (Å²) in [5.74, 6) is -0.0398. The van der Waals surface area contributed by atoms with E-state index in [1.165, 1.54) is 5.57 Å². The molecule has 324 valence electrons. The maximum absolute atomic E-state index is 14.3. The van der Waals surface area contributed by atoms with E-state index in [4.69, 9.17) is 9.47 Å². The smallest absolute Gasteiger partial charge is 0.309 e. The highest BCUT2D eigenvalue weighted by Crippen LogP contribution is 2.77. The number of carbonyl (C=O) groups is 3. The first-order valence-electron chi connectivity index (χ1n) is 22.4. The Bertz CT molecular complexity index is 1710. The fraction of sp³-hybridized carbons (Fsp3) is 0.792. The number of ether oxygens (including phenoxy) is 2. The lowest BCUT2D eigenvalue weighted by Crippen LogP contribution is -2.66. The first kappa shape index (κ1) is 44.9. The molecule has 5 aliphatic carbocycles. The van der Waals surface area contributed by atoms with Gasteiger partial charge in [0, 0.05) is 63.3 Å². The number of nitrogens with one attached hydrogen (secondary N) is 1. The predicted molar refractivity (Wildman–Crippen MR) is 226 cm³/mol. The molecule has 3 N–H and O–H groups in total. The summed E-state index contributed by atoms with van der Waals surface area (Å²) in [7, 11) is 1.71. The second kappa shape index (κ2) is 16.7. The first-order valence-corrected chi connectivity index (χ1v) is 22.4. The van der Waals surface area contributed by atoms with Crippen LogP contribution in [0.3, 0.4) is 0 Å². The standard InChI is InChI=1S/C48H75N3O7/c1-31(2)40-34(52)27-48(37(53)30-51(25-23-49-24-26-57-10)29-32-13-11-12-22-50-32)21-20-46(8)33(41(40)48)14-15-36-45(7)18-17-38(58-39(54)28-43(3,4)42(55)56)44(5,6)35(45)16-19-47(36,46)9/h11-13,22,31,33,35-38,49,53H,14-21,23-30H2,1-10H3,(H,55,56)/t33-,35-,36-,37+,38+,45+,46-,47-,48+/m1/s1. The molecule has 0 unspecified atom stereocenters. The topological polar surface area (TPSA) is 138 Å². The summed E-state index contributed by atoms with van der Waals surface area (Å²) < 4.78 is 11.4. The van der Waals surface area contributed by atoms with Gasteiger partial charge < -0.3 is 25.0 Å². The van der Waals surface area contributed by atoms with Gasteiger partial charge in [0.05, 0.1) is 30.2 Å². The molecule has 4 fully saturated rings. The first-order chi connectivity index (χ1) is 27.2. The van der Waals surface area contributed by atoms with Crippen LogP contribution in [0.5, 0.6) is 0 Å². The lowest BCUT2D eigenvalue weighted by atomic mass is 9.33. The van der Waals surface area contributed by atoms with Crippen LogP contribution in [0.25, 0.3) is 0 Å². The van der Waals surface area contributed by atoms with Crippen molar-refractivity contribution in [2.24, 2.45) is 56.2 Å². The number of hydrogen-bond acceptors (Lipinski definition) is 9. The van der Waals surface area contributed by atoms with E-state index in [-0.39, 0.29) is 51.8 Å². The van der Waals surface area contributed by atoms with Gasteiger partial charge in [-0.25, -0.2) is 0 Å². The number of carboxylic acid groups (broad SMARTS) is 1. The van der Waals surface area contributed by atoms with E-state index in [0.29, 0.717) is 38.0 Å². The molecule has 0 saturated heterocycles. The van der Waals surface area contributed by atoms with Crippen molar-refractivity contribution >= 4 is 17.7 Å². The number of carboxylic acids is 1. The summed E-state index contributed by atoms with van der Waals surface area (Å²) in [6.07, 6.45) is 8.86. The van der Waals surface area contributed by atoms with E-state index in [1.807, 2.05) is 24.4 Å². The van der Waals surface area contributed by atoms with Crippen molar-refractivity contribution in [2.75, 3.05) is 39.9 Å². The highest BCUT2D eigenvalue weighted by atomic mass is 16.5. The largest absolute Gasteiger partial charge is 0.481 e. The summed E-state index contributed by atoms with van der Waals surface area (Å²) in [6.45, 7) is 23.7. The molecule has 0 amide bonds. The number of esters is 1. The Balaban J connectivity index is 1.27. The Labute approximate surface area is 348 Å². The molecule has 0 bridgehead atoms. The number of aliphatic hydroxyl groups excluding tert-OH is 1. The number of carbonyl (C=O) groups excluding carboxylic acids is 2. The fourth-order valence-corrected chi connectivity index (χ4v) is 13.8. The van der Waals surface area contributed by atoms with Crippen molar-refractivity contribution < 1.29 is 34.1 Å². The maximum Gasteiger partial charge on any atom is 0.309 e. The predicted octanol–water partition coefficient (Wildman–Crippen LogP) is 7.87. The Hall–Kier alpha value is -2.66. The van der Waals surface area contributed by atoms with Crippen molar-refractivity contribution in [3.8, 4) is 0 Å². The summed E-state index contributed by atoms with van der Waals surface area (Å²) >= 11 is 0. The molecule has 1 aromatic heterocycles. The van der Waals surface area contributed by atoms with E-state index < -0.39 is 28.9 Å². The second-order valence-corrected chi connectivity index (χ2v) is 21.4. The number of nitrogens with zero attached hydrogens (tertiary/aromatic N) is 2. The van der Waals surface area contributed by atoms with Crippen molar-refractivity contribution in [1.82, 2.24) is 15.2 Å². The van der Waals surface area contributed by atoms with E-state index >= 15 is 0 Å². The molecule has 0 spiro atoms. The summed E-state index contributed by atoms with van der Waals surface area (Å²) in [5, 5.41) is 25.8. The molecule has 1 heterocycles. The van der Waals surface area contributed by atoms with E-state index in [9.17, 15) is 24.6 Å². The minimum Gasteiger partial charge on any atom is -0.481 e. The molecular weight excluding hydrogens is 731 g/mol. The number of rotatable bonds is 16. The van der Waals surface area contributed by atoms with Crippen LogP contribution in [0, 0.1) is 56.2 Å². The van der Waals surface area contributed by atoms with Crippen molar-refractivity contribution in [2.45, 2.75) is 145 Å². The molecular formula is C48H75N3O7. The van der Waals surface area contributed by atoms with Crippen LogP contribution in [0.1, 0.15) is 132 Å². The summed E-state index contributed by atoms with van der Waals surface area (Å²) in [5.41, 5.74) is 1.28. The number of ketones is 1. The zero-order chi connectivity index (χ0) is 42.5. The van der Waals surface area contributed by atoms with E-state index in [0.717, 1.165) is 82.3 Å². The normalized spacial score (nSPS) is 34.9. The Morgan fingerprint density at radius 2 is 1.72 bits per heavy atom. The minimum atomic E-state index is -1.17. The highest BCUT2D eigenvalue weighted by molar-refractivity contribution is 6.00. The second-order valence-electron chi connectivity index (χ2n) is 21.4. The zero-order valence-electron chi connectivity index (χ0n) is 37.4. The van der Waals surface area contributed by atoms with Gasteiger partial charge in [0.2, 0.25) is 0 Å². The SMILES string of the molecule is COCCNCCN(Cc1ccccn1)C[C@H](O)[C@@]12CC[C@]3(C)[C@H](CC[C@@H]4[C@@]5(C)CC[C@H](OC(=O)CC(C)(C)C(=O)O)C(C)(C)[C@H]5CC[C@]43C)C1=C(C(C)C)C(=O)C2. The van der Waals surface area contributed by atoms with Gasteiger partial charge in [-0.2, -0.15) is 0 Å². The Kier molecular flexibility index (Phi) is 12.9. The van der Waals surface area contributed by atoms with Crippen LogP contribution in [-0.2, 0) is 30.4 Å². The monoisotopic (exact) mass is 806 g/mol. The molecule has 0 aromatic carbocycles. The average Bonchev–Trinajstić information content (AvgIpc) is 3.46. The molecule has 0 radical (unpaired) electrons. The van der Waals surface area contributed by atoms with Crippen molar-refractivity contribution in [3.05, 3.63) is 41.2 Å². The molecule has 10 nitrogen and oxygen atoms in total. The van der Waals surface area contributed by atoms with Gasteiger partial charge in [-0.1, -0.05) is 60.1 Å². The van der Waals surface area contributed by atoms with Crippen molar-refractivity contribution in [1.29, 1.82) is 0 Å². The van der Waals surface area contributed by atoms with E-state index in [1.54, 1.807) is 21.0 Å². The van der Waals surface area contributed by atoms with Gasteiger partial charge in [-0.3, -0.25) is 24.3 Å². The number of pyridine rings is 1. The van der Waals surface area contributed by atoms with Gasteiger partial charge in [0.25, 0.3) is 0 Å². The number of aromatic nitrogens is 1. The summed E-state index contributed by atoms with van der Waals surface area (Å²) in [6, 6.07) is 5.98. The average molecular weight is 806 g/mol. The fourth-order valence-electron chi connectivity index (χ4n) is 13.8. The van der Waals surface area contributed by atoms with Gasteiger partial charge in [0.1, 0.15) is 6.10 Å². The quantitative estimate of drug-likeness (QED) is 0.112. The van der Waals surface area contributed by atoms with Crippen LogP contribution < -0.4 is 5.32 Å². The Morgan fingerprint density at radius 3 is 2.38 bits per heavy atom. The van der Waals surface area contributed by atoms with Crippen LogP contribution in [0.2, 0.25) is 0 Å². The molecule has 58 heavy (non-hydrogen) atoms. The molecule has 9 atom stereocenters. The molecule has 4 saturated carbocycles. The number of Topliss-reactive ketones (excluding diaryl/α,β-unsaturated/α-hetero) is 1. The third kappa shape index (κ3) is 7.75. The molecule has 0 aliphatic heterocycles. The number of aliphatic carboxylic acids is 1. The lowest BCUT2D eigenvalue weighted by molar-refractivity contribution is -0.235. The number of allylic oxidation sites excluding steroid dienone is 1. The number of aliphatic hydroxyl groups is 1. The van der Waals surface area contributed by atoms with Gasteiger partial charge in [-0.05, 0) is 123 Å². The van der Waals surface area contributed by atoms with Gasteiger partial charge >= 0.3 is 11.9 Å². The number of hydrogen-bond donors (Lipinski definition) is 3. The third-order valence-corrected chi connectivity index (χ3v) is 17.1. The van der Waals surface area contributed by atoms with Gasteiger partial charge in [-0.15, -0.1) is 0 Å². The maximum atomic E-state index is 14.3.